The molecule has 0 aliphatic rings. The molecule has 0 amide bonds. The Labute approximate surface area is 120 Å². The minimum Gasteiger partial charge on any atom is -0.457 e. The van der Waals surface area contributed by atoms with Gasteiger partial charge in [-0.3, -0.25) is 0 Å². The summed E-state index contributed by atoms with van der Waals surface area (Å²) < 4.78 is 20.1. The number of benzene rings is 2. The highest BCUT2D eigenvalue weighted by molar-refractivity contribution is 9.10. The van der Waals surface area contributed by atoms with Gasteiger partial charge in [0, 0.05) is 16.1 Å². The van der Waals surface area contributed by atoms with Crippen molar-refractivity contribution in [1.82, 2.24) is 0 Å². The predicted molar refractivity (Wildman–Crippen MR) is 78.0 cm³/mol. The Hall–Kier alpha value is -1.39. The molecule has 2 nitrogen and oxygen atoms in total. The van der Waals surface area contributed by atoms with E-state index in [1.165, 1.54) is 12.1 Å². The SMILES string of the molecule is Cc1ccc(Br)cc1Oc1ccc(F)cc1[C@H](C)N. The van der Waals surface area contributed by atoms with Crippen molar-refractivity contribution in [3.63, 3.8) is 0 Å². The van der Waals surface area contributed by atoms with Crippen LogP contribution in [0, 0.1) is 12.7 Å². The number of hydrogen-bond donors (Lipinski definition) is 1. The fourth-order valence-electron chi connectivity index (χ4n) is 1.77. The first-order chi connectivity index (χ1) is 8.97. The minimum atomic E-state index is -0.314. The van der Waals surface area contributed by atoms with E-state index in [2.05, 4.69) is 15.9 Å². The van der Waals surface area contributed by atoms with Crippen LogP contribution < -0.4 is 10.5 Å². The quantitative estimate of drug-likeness (QED) is 0.887. The van der Waals surface area contributed by atoms with Gasteiger partial charge in [0.25, 0.3) is 0 Å². The molecule has 0 saturated carbocycles. The minimum absolute atomic E-state index is 0.293. The first-order valence-electron chi connectivity index (χ1n) is 5.96. The Kier molecular flexibility index (Phi) is 4.22. The fraction of sp³-hybridized carbons (Fsp3) is 0.200. The van der Waals surface area contributed by atoms with Crippen LogP contribution in [0.1, 0.15) is 24.1 Å². The summed E-state index contributed by atoms with van der Waals surface area (Å²) in [5.41, 5.74) is 7.50. The molecule has 0 aromatic heterocycles. The molecule has 0 heterocycles. The molecule has 100 valence electrons. The van der Waals surface area contributed by atoms with Gasteiger partial charge in [-0.15, -0.1) is 0 Å². The van der Waals surface area contributed by atoms with E-state index in [1.807, 2.05) is 25.1 Å². The van der Waals surface area contributed by atoms with Crippen molar-refractivity contribution in [2.24, 2.45) is 5.73 Å². The fourth-order valence-corrected chi connectivity index (χ4v) is 2.11. The van der Waals surface area contributed by atoms with Crippen LogP contribution in [0.3, 0.4) is 0 Å². The van der Waals surface area contributed by atoms with Crippen molar-refractivity contribution in [3.05, 3.63) is 57.8 Å². The molecule has 2 aromatic carbocycles. The maximum atomic E-state index is 13.3. The molecule has 0 aliphatic heterocycles. The van der Waals surface area contributed by atoms with Crippen molar-refractivity contribution >= 4 is 15.9 Å². The van der Waals surface area contributed by atoms with Crippen molar-refractivity contribution in [2.45, 2.75) is 19.9 Å². The number of ether oxygens (including phenoxy) is 1. The first kappa shape index (κ1) is 14.0. The summed E-state index contributed by atoms with van der Waals surface area (Å²) in [7, 11) is 0. The summed E-state index contributed by atoms with van der Waals surface area (Å²) in [6, 6.07) is 9.87. The zero-order valence-corrected chi connectivity index (χ0v) is 12.4. The van der Waals surface area contributed by atoms with Crippen LogP contribution in [-0.4, -0.2) is 0 Å². The number of aryl methyl sites for hydroxylation is 1. The van der Waals surface area contributed by atoms with Crippen LogP contribution >= 0.6 is 15.9 Å². The molecule has 0 fully saturated rings. The van der Waals surface area contributed by atoms with Gasteiger partial charge >= 0.3 is 0 Å². The van der Waals surface area contributed by atoms with Crippen molar-refractivity contribution in [3.8, 4) is 11.5 Å². The Morgan fingerprint density at radius 2 is 1.89 bits per heavy atom. The molecule has 1 atom stereocenters. The summed E-state index contributed by atoms with van der Waals surface area (Å²) in [5.74, 6) is 0.992. The van der Waals surface area contributed by atoms with Gasteiger partial charge in [0.05, 0.1) is 0 Å². The number of halogens is 2. The van der Waals surface area contributed by atoms with Gasteiger partial charge in [-0.25, -0.2) is 4.39 Å². The highest BCUT2D eigenvalue weighted by atomic mass is 79.9. The van der Waals surface area contributed by atoms with Crippen molar-refractivity contribution in [2.75, 3.05) is 0 Å². The standard InChI is InChI=1S/C15H15BrFNO/c1-9-3-4-11(16)7-15(9)19-14-6-5-12(17)8-13(14)10(2)18/h3-8,10H,18H2,1-2H3/t10-/m0/s1. The molecule has 0 spiro atoms. The van der Waals surface area contributed by atoms with E-state index < -0.39 is 0 Å². The normalized spacial score (nSPS) is 12.3. The van der Waals surface area contributed by atoms with Crippen molar-refractivity contribution in [1.29, 1.82) is 0 Å². The molecule has 2 aromatic rings. The summed E-state index contributed by atoms with van der Waals surface area (Å²) >= 11 is 3.40. The van der Waals surface area contributed by atoms with E-state index in [0.717, 1.165) is 15.8 Å². The van der Waals surface area contributed by atoms with E-state index in [-0.39, 0.29) is 11.9 Å². The van der Waals surface area contributed by atoms with Gasteiger partial charge < -0.3 is 10.5 Å². The molecule has 2 rings (SSSR count). The molecule has 0 aliphatic carbocycles. The number of rotatable bonds is 3. The smallest absolute Gasteiger partial charge is 0.132 e. The lowest BCUT2D eigenvalue weighted by Gasteiger charge is -2.15. The third-order valence-electron chi connectivity index (χ3n) is 2.83. The Bertz CT molecular complexity index is 599. The number of nitrogens with two attached hydrogens (primary N) is 1. The van der Waals surface area contributed by atoms with Gasteiger partial charge in [0.1, 0.15) is 17.3 Å². The van der Waals surface area contributed by atoms with E-state index >= 15 is 0 Å². The summed E-state index contributed by atoms with van der Waals surface area (Å²) in [6.07, 6.45) is 0. The second-order valence-electron chi connectivity index (χ2n) is 4.48. The van der Waals surface area contributed by atoms with Gasteiger partial charge in [0.15, 0.2) is 0 Å². The molecule has 0 radical (unpaired) electrons. The summed E-state index contributed by atoms with van der Waals surface area (Å²) in [6.45, 7) is 3.76. The van der Waals surface area contributed by atoms with E-state index in [4.69, 9.17) is 10.5 Å². The largest absolute Gasteiger partial charge is 0.457 e. The van der Waals surface area contributed by atoms with Gasteiger partial charge in [-0.2, -0.15) is 0 Å². The molecule has 2 N–H and O–H groups in total. The zero-order chi connectivity index (χ0) is 14.0. The van der Waals surface area contributed by atoms with Crippen LogP contribution in [-0.2, 0) is 0 Å². The topological polar surface area (TPSA) is 35.2 Å². The second kappa shape index (κ2) is 5.72. The summed E-state index contributed by atoms with van der Waals surface area (Å²) in [5, 5.41) is 0. The maximum Gasteiger partial charge on any atom is 0.132 e. The summed E-state index contributed by atoms with van der Waals surface area (Å²) in [4.78, 5) is 0. The third-order valence-corrected chi connectivity index (χ3v) is 3.33. The van der Waals surface area contributed by atoms with E-state index in [9.17, 15) is 4.39 Å². The molecule has 4 heteroatoms. The van der Waals surface area contributed by atoms with Gasteiger partial charge in [-0.05, 0) is 49.7 Å². The molecular weight excluding hydrogens is 309 g/mol. The monoisotopic (exact) mass is 323 g/mol. The third kappa shape index (κ3) is 3.33. The van der Waals surface area contributed by atoms with Crippen LogP contribution in [0.25, 0.3) is 0 Å². The maximum absolute atomic E-state index is 13.3. The lowest BCUT2D eigenvalue weighted by atomic mass is 10.1. The van der Waals surface area contributed by atoms with Crippen LogP contribution in [0.2, 0.25) is 0 Å². The Morgan fingerprint density at radius 1 is 1.16 bits per heavy atom. The second-order valence-corrected chi connectivity index (χ2v) is 5.40. The Balaban J connectivity index is 2.40. The van der Waals surface area contributed by atoms with Crippen LogP contribution in [0.15, 0.2) is 40.9 Å². The highest BCUT2D eigenvalue weighted by Crippen LogP contribution is 2.32. The predicted octanol–water partition coefficient (Wildman–Crippen LogP) is 4.71. The van der Waals surface area contributed by atoms with Crippen molar-refractivity contribution < 1.29 is 9.13 Å². The lowest BCUT2D eigenvalue weighted by Crippen LogP contribution is -2.07. The average molecular weight is 324 g/mol. The zero-order valence-electron chi connectivity index (χ0n) is 10.8. The highest BCUT2D eigenvalue weighted by Gasteiger charge is 2.11. The molecule has 0 unspecified atom stereocenters. The van der Waals surface area contributed by atoms with Crippen LogP contribution in [0.4, 0.5) is 4.39 Å². The molecular formula is C15H15BrFNO. The molecule has 0 bridgehead atoms. The van der Waals surface area contributed by atoms with Gasteiger partial charge in [0.2, 0.25) is 0 Å². The lowest BCUT2D eigenvalue weighted by molar-refractivity contribution is 0.465. The van der Waals surface area contributed by atoms with E-state index in [0.29, 0.717) is 11.3 Å². The average Bonchev–Trinajstić information content (AvgIpc) is 2.35. The van der Waals surface area contributed by atoms with Crippen LogP contribution in [0.5, 0.6) is 11.5 Å². The molecule has 0 saturated heterocycles. The number of hydrogen-bond acceptors (Lipinski definition) is 2. The molecule has 19 heavy (non-hydrogen) atoms. The Morgan fingerprint density at radius 3 is 2.58 bits per heavy atom. The van der Waals surface area contributed by atoms with E-state index in [1.54, 1.807) is 13.0 Å². The van der Waals surface area contributed by atoms with Gasteiger partial charge in [-0.1, -0.05) is 22.0 Å². The first-order valence-corrected chi connectivity index (χ1v) is 6.75.